The largest absolute Gasteiger partial charge is 0.427 e. The summed E-state index contributed by atoms with van der Waals surface area (Å²) in [5.74, 6) is 0.0138. The Morgan fingerprint density at radius 3 is 2.88 bits per heavy atom. The second kappa shape index (κ2) is 5.50. The van der Waals surface area contributed by atoms with Crippen molar-refractivity contribution in [3.8, 4) is 5.75 Å². The fourth-order valence-electron chi connectivity index (χ4n) is 0.995. The Morgan fingerprint density at radius 1 is 1.50 bits per heavy atom. The lowest BCUT2D eigenvalue weighted by Gasteiger charge is -2.01. The van der Waals surface area contributed by atoms with Crippen molar-refractivity contribution in [2.24, 2.45) is 10.8 Å². The number of amides is 2. The Morgan fingerprint density at radius 2 is 2.25 bits per heavy atom. The molecule has 1 aromatic rings. The Labute approximate surface area is 92.1 Å². The van der Waals surface area contributed by atoms with Gasteiger partial charge in [-0.05, 0) is 17.7 Å². The van der Waals surface area contributed by atoms with Crippen molar-refractivity contribution in [3.05, 3.63) is 29.8 Å². The van der Waals surface area contributed by atoms with Crippen molar-refractivity contribution in [2.45, 2.75) is 6.92 Å². The van der Waals surface area contributed by atoms with Gasteiger partial charge in [-0.2, -0.15) is 5.10 Å². The van der Waals surface area contributed by atoms with Crippen LogP contribution in [0.4, 0.5) is 4.79 Å². The Balaban J connectivity index is 2.70. The maximum Gasteiger partial charge on any atom is 0.332 e. The van der Waals surface area contributed by atoms with Crippen LogP contribution in [0.15, 0.2) is 29.4 Å². The first-order valence-corrected chi connectivity index (χ1v) is 4.45. The second-order valence-corrected chi connectivity index (χ2v) is 2.90. The summed E-state index contributed by atoms with van der Waals surface area (Å²) >= 11 is 0. The lowest BCUT2D eigenvalue weighted by molar-refractivity contribution is -0.131. The number of rotatable bonds is 3. The number of hydrogen-bond acceptors (Lipinski definition) is 4. The highest BCUT2D eigenvalue weighted by atomic mass is 16.5. The van der Waals surface area contributed by atoms with Crippen molar-refractivity contribution in [1.82, 2.24) is 5.43 Å². The topological polar surface area (TPSA) is 93.8 Å². The first-order valence-electron chi connectivity index (χ1n) is 4.45. The minimum Gasteiger partial charge on any atom is -0.427 e. The number of carbonyl (C=O) groups excluding carboxylic acids is 2. The quantitative estimate of drug-likeness (QED) is 0.339. The van der Waals surface area contributed by atoms with Crippen LogP contribution < -0.4 is 15.9 Å². The molecule has 0 radical (unpaired) electrons. The van der Waals surface area contributed by atoms with Gasteiger partial charge in [-0.1, -0.05) is 12.1 Å². The summed E-state index contributed by atoms with van der Waals surface area (Å²) in [6.07, 6.45) is 1.39. The molecule has 0 heterocycles. The molecule has 1 rings (SSSR count). The normalized spacial score (nSPS) is 10.1. The number of nitrogens with one attached hydrogen (secondary N) is 1. The molecule has 0 atom stereocenters. The molecule has 0 spiro atoms. The van der Waals surface area contributed by atoms with Gasteiger partial charge in [0, 0.05) is 6.92 Å². The summed E-state index contributed by atoms with van der Waals surface area (Å²) in [5.41, 5.74) is 7.55. The Hall–Kier alpha value is -2.37. The molecule has 0 saturated carbocycles. The van der Waals surface area contributed by atoms with E-state index in [9.17, 15) is 9.59 Å². The summed E-state index contributed by atoms with van der Waals surface area (Å²) in [6.45, 7) is 1.31. The van der Waals surface area contributed by atoms with E-state index in [0.717, 1.165) is 0 Å². The van der Waals surface area contributed by atoms with Crippen LogP contribution in [0.25, 0.3) is 0 Å². The van der Waals surface area contributed by atoms with Gasteiger partial charge in [-0.25, -0.2) is 10.2 Å². The van der Waals surface area contributed by atoms with E-state index in [1.807, 2.05) is 0 Å². The molecule has 0 aromatic heterocycles. The zero-order valence-electron chi connectivity index (χ0n) is 8.64. The maximum atomic E-state index is 10.7. The van der Waals surface area contributed by atoms with Gasteiger partial charge in [0.25, 0.3) is 0 Å². The Bertz CT molecular complexity index is 429. The number of hydrogen-bond donors (Lipinski definition) is 2. The van der Waals surface area contributed by atoms with Crippen molar-refractivity contribution in [3.63, 3.8) is 0 Å². The average Bonchev–Trinajstić information content (AvgIpc) is 2.16. The molecule has 0 aliphatic carbocycles. The predicted molar refractivity (Wildman–Crippen MR) is 58.1 cm³/mol. The molecule has 0 fully saturated rings. The molecule has 0 aliphatic heterocycles. The molecule has 84 valence electrons. The number of primary amides is 1. The number of carbonyl (C=O) groups is 2. The number of urea groups is 1. The summed E-state index contributed by atoms with van der Waals surface area (Å²) in [5, 5.41) is 3.57. The summed E-state index contributed by atoms with van der Waals surface area (Å²) in [6, 6.07) is 5.93. The van der Waals surface area contributed by atoms with Crippen molar-refractivity contribution < 1.29 is 14.3 Å². The second-order valence-electron chi connectivity index (χ2n) is 2.90. The van der Waals surface area contributed by atoms with Crippen LogP contribution in [0.2, 0.25) is 0 Å². The third-order valence-corrected chi connectivity index (χ3v) is 1.51. The van der Waals surface area contributed by atoms with E-state index in [4.69, 9.17) is 10.5 Å². The zero-order valence-corrected chi connectivity index (χ0v) is 8.64. The van der Waals surface area contributed by atoms with Crippen LogP contribution in [-0.4, -0.2) is 18.2 Å². The number of nitrogens with two attached hydrogens (primary N) is 1. The number of esters is 1. The summed E-state index contributed by atoms with van der Waals surface area (Å²) < 4.78 is 4.87. The third kappa shape index (κ3) is 4.23. The lowest BCUT2D eigenvalue weighted by atomic mass is 10.2. The molecule has 6 nitrogen and oxygen atoms in total. The van der Waals surface area contributed by atoms with Gasteiger partial charge in [0.2, 0.25) is 0 Å². The first kappa shape index (κ1) is 11.7. The highest BCUT2D eigenvalue weighted by Crippen LogP contribution is 2.11. The Kier molecular flexibility index (Phi) is 4.02. The van der Waals surface area contributed by atoms with Crippen molar-refractivity contribution >= 4 is 18.2 Å². The van der Waals surface area contributed by atoms with Gasteiger partial charge in [0.1, 0.15) is 5.75 Å². The van der Waals surface area contributed by atoms with Crippen LogP contribution in [0.3, 0.4) is 0 Å². The van der Waals surface area contributed by atoms with Crippen molar-refractivity contribution in [1.29, 1.82) is 0 Å². The highest BCUT2D eigenvalue weighted by Gasteiger charge is 1.98. The molecule has 0 saturated heterocycles. The molecule has 6 heteroatoms. The summed E-state index contributed by atoms with van der Waals surface area (Å²) in [4.78, 5) is 21.0. The van der Waals surface area contributed by atoms with E-state index in [0.29, 0.717) is 11.3 Å². The average molecular weight is 221 g/mol. The molecule has 16 heavy (non-hydrogen) atoms. The predicted octanol–water partition coefficient (Wildman–Crippen LogP) is 0.614. The molecule has 0 aliphatic rings. The van der Waals surface area contributed by atoms with Crippen LogP contribution >= 0.6 is 0 Å². The molecular weight excluding hydrogens is 210 g/mol. The minimum absolute atomic E-state index is 0.399. The van der Waals surface area contributed by atoms with Crippen LogP contribution in [0, 0.1) is 0 Å². The van der Waals surface area contributed by atoms with Crippen LogP contribution in [-0.2, 0) is 4.79 Å². The van der Waals surface area contributed by atoms with E-state index in [1.54, 1.807) is 24.3 Å². The molecule has 0 bridgehead atoms. The van der Waals surface area contributed by atoms with Gasteiger partial charge < -0.3 is 10.5 Å². The smallest absolute Gasteiger partial charge is 0.332 e. The van der Waals surface area contributed by atoms with E-state index in [2.05, 4.69) is 10.5 Å². The van der Waals surface area contributed by atoms with Gasteiger partial charge in [0.15, 0.2) is 0 Å². The van der Waals surface area contributed by atoms with Gasteiger partial charge in [-0.3, -0.25) is 4.79 Å². The molecular formula is C10H11N3O3. The molecule has 2 amide bonds. The SMILES string of the molecule is CC(=O)Oc1cccc(C=NNC(N)=O)c1. The van der Waals surface area contributed by atoms with E-state index >= 15 is 0 Å². The van der Waals surface area contributed by atoms with E-state index in [-0.39, 0.29) is 0 Å². The number of nitrogens with zero attached hydrogens (tertiary/aromatic N) is 1. The molecule has 3 N–H and O–H groups in total. The zero-order chi connectivity index (χ0) is 12.0. The van der Waals surface area contributed by atoms with Gasteiger partial charge >= 0.3 is 12.0 Å². The first-order chi connectivity index (χ1) is 7.58. The lowest BCUT2D eigenvalue weighted by Crippen LogP contribution is -2.24. The standard InChI is InChI=1S/C10H11N3O3/c1-7(14)16-9-4-2-3-8(5-9)6-12-13-10(11)15/h2-6H,1H3,(H3,11,13,15). The number of benzene rings is 1. The maximum absolute atomic E-state index is 10.7. The number of ether oxygens (including phenoxy) is 1. The van der Waals surface area contributed by atoms with E-state index < -0.39 is 12.0 Å². The van der Waals surface area contributed by atoms with Crippen molar-refractivity contribution in [2.75, 3.05) is 0 Å². The third-order valence-electron chi connectivity index (χ3n) is 1.51. The minimum atomic E-state index is -0.743. The monoisotopic (exact) mass is 221 g/mol. The molecule has 0 unspecified atom stereocenters. The van der Waals surface area contributed by atoms with Gasteiger partial charge in [-0.15, -0.1) is 0 Å². The molecule has 1 aromatic carbocycles. The highest BCUT2D eigenvalue weighted by molar-refractivity contribution is 5.82. The van der Waals surface area contributed by atoms with Crippen LogP contribution in [0.5, 0.6) is 5.75 Å². The number of hydrazone groups is 1. The van der Waals surface area contributed by atoms with Gasteiger partial charge in [0.05, 0.1) is 6.21 Å². The summed E-state index contributed by atoms with van der Waals surface area (Å²) in [7, 11) is 0. The van der Waals surface area contributed by atoms with E-state index in [1.165, 1.54) is 13.1 Å². The van der Waals surface area contributed by atoms with Crippen LogP contribution in [0.1, 0.15) is 12.5 Å². The fourth-order valence-corrected chi connectivity index (χ4v) is 0.995. The fraction of sp³-hybridized carbons (Fsp3) is 0.100.